The number of carbonyl (C=O) groups excluding carboxylic acids is 1. The molecule has 1 aliphatic carbocycles. The van der Waals surface area contributed by atoms with E-state index >= 15 is 0 Å². The summed E-state index contributed by atoms with van der Waals surface area (Å²) in [6.45, 7) is 5.23. The van der Waals surface area contributed by atoms with Crippen LogP contribution in [0.15, 0.2) is 41.0 Å². The molecule has 4 N–H and O–H groups in total. The van der Waals surface area contributed by atoms with E-state index in [9.17, 15) is 19.0 Å². The van der Waals surface area contributed by atoms with E-state index < -0.39 is 18.3 Å². The third-order valence-electron chi connectivity index (χ3n) is 8.54. The van der Waals surface area contributed by atoms with Crippen molar-refractivity contribution in [2.45, 2.75) is 51.5 Å². The van der Waals surface area contributed by atoms with Crippen LogP contribution >= 0.6 is 0 Å². The largest absolute Gasteiger partial charge is 0.385 e. The first kappa shape index (κ1) is 27.4. The van der Waals surface area contributed by atoms with Gasteiger partial charge in [-0.3, -0.25) is 10.1 Å². The van der Waals surface area contributed by atoms with Crippen molar-refractivity contribution in [3.05, 3.63) is 46.6 Å². The van der Waals surface area contributed by atoms with Crippen LogP contribution in [0.5, 0.6) is 0 Å². The highest BCUT2D eigenvalue weighted by atomic mass is 19.3. The standard InChI is InChI=1S/C28H40F2N8O/c1-17-24(26(29)30)21(19-14-34-36(3)15-19)13-18-5-4-11-38(25(17)18)27(31)22-16-37(28(39)32-2)12-8-23(22)35-20-6-9-33-10-7-20/h13-15,17,20,24,26,31,33,35H,4-12,16H2,1-3H3,(H,32,39). The van der Waals surface area contributed by atoms with Crippen LogP contribution in [0.1, 0.15) is 44.6 Å². The normalized spacial score (nSPS) is 24.6. The minimum Gasteiger partial charge on any atom is -0.385 e. The van der Waals surface area contributed by atoms with Crippen LogP contribution in [0.2, 0.25) is 0 Å². The Kier molecular flexibility index (Phi) is 8.06. The van der Waals surface area contributed by atoms with Crippen molar-refractivity contribution in [2.75, 3.05) is 39.8 Å². The van der Waals surface area contributed by atoms with E-state index in [-0.39, 0.29) is 6.03 Å². The number of nitrogens with zero attached hydrogens (tertiary/aromatic N) is 4. The number of hydrogen-bond acceptors (Lipinski definition) is 5. The maximum absolute atomic E-state index is 14.6. The molecule has 0 spiro atoms. The maximum atomic E-state index is 14.6. The molecule has 0 aromatic carbocycles. The van der Waals surface area contributed by atoms with Crippen molar-refractivity contribution in [1.29, 1.82) is 5.41 Å². The highest BCUT2D eigenvalue weighted by molar-refractivity contribution is 5.99. The first-order valence-corrected chi connectivity index (χ1v) is 14.0. The van der Waals surface area contributed by atoms with E-state index in [4.69, 9.17) is 0 Å². The molecule has 1 fully saturated rings. The minimum absolute atomic E-state index is 0.174. The molecule has 11 heteroatoms. The summed E-state index contributed by atoms with van der Waals surface area (Å²) in [4.78, 5) is 16.2. The zero-order valence-electron chi connectivity index (χ0n) is 23.1. The fourth-order valence-electron chi connectivity index (χ4n) is 6.54. The highest BCUT2D eigenvalue weighted by Gasteiger charge is 2.42. The van der Waals surface area contributed by atoms with Gasteiger partial charge >= 0.3 is 6.03 Å². The molecule has 2 unspecified atom stereocenters. The minimum atomic E-state index is -2.55. The number of halogens is 2. The van der Waals surface area contributed by atoms with Crippen LogP contribution in [0.25, 0.3) is 5.57 Å². The quantitative estimate of drug-likeness (QED) is 0.338. The second-order valence-corrected chi connectivity index (χ2v) is 11.0. The maximum Gasteiger partial charge on any atom is 0.317 e. The molecule has 2 amide bonds. The van der Waals surface area contributed by atoms with E-state index in [1.54, 1.807) is 36.1 Å². The Morgan fingerprint density at radius 2 is 2.00 bits per heavy atom. The Morgan fingerprint density at radius 1 is 1.23 bits per heavy atom. The van der Waals surface area contributed by atoms with Crippen molar-refractivity contribution >= 4 is 17.4 Å². The Bertz CT molecular complexity index is 1200. The molecule has 1 aromatic rings. The number of urea groups is 1. The van der Waals surface area contributed by atoms with Gasteiger partial charge in [0.2, 0.25) is 6.43 Å². The average Bonchev–Trinajstić information content (AvgIpc) is 3.38. The first-order chi connectivity index (χ1) is 18.8. The second-order valence-electron chi connectivity index (χ2n) is 11.0. The van der Waals surface area contributed by atoms with E-state index in [1.165, 1.54) is 0 Å². The van der Waals surface area contributed by atoms with Crippen LogP contribution in [0.4, 0.5) is 13.6 Å². The Hall–Kier alpha value is -3.21. The lowest BCUT2D eigenvalue weighted by molar-refractivity contribution is 0.0798. The van der Waals surface area contributed by atoms with Crippen LogP contribution in [-0.4, -0.2) is 83.7 Å². The fraction of sp³-hybridized carbons (Fsp3) is 0.607. The van der Waals surface area contributed by atoms with Crippen LogP contribution in [0, 0.1) is 17.2 Å². The first-order valence-electron chi connectivity index (χ1n) is 14.0. The number of aromatic nitrogens is 2. The smallest absolute Gasteiger partial charge is 0.317 e. The number of nitrogens with one attached hydrogen (secondary N) is 4. The molecule has 4 aliphatic rings. The summed E-state index contributed by atoms with van der Waals surface area (Å²) in [6.07, 6.45) is 7.06. The number of alkyl halides is 2. The number of amides is 2. The lowest BCUT2D eigenvalue weighted by Crippen LogP contribution is -2.49. The molecule has 0 bridgehead atoms. The average molecular weight is 543 g/mol. The predicted molar refractivity (Wildman–Crippen MR) is 147 cm³/mol. The summed E-state index contributed by atoms with van der Waals surface area (Å²) in [5.41, 5.74) is 4.95. The molecular formula is C28H40F2N8O. The van der Waals surface area contributed by atoms with Crippen molar-refractivity contribution in [2.24, 2.45) is 18.9 Å². The molecule has 5 rings (SSSR count). The third kappa shape index (κ3) is 5.46. The van der Waals surface area contributed by atoms with Gasteiger partial charge in [-0.05, 0) is 49.9 Å². The van der Waals surface area contributed by atoms with Crippen LogP contribution < -0.4 is 16.0 Å². The highest BCUT2D eigenvalue weighted by Crippen LogP contribution is 2.46. The number of piperidine rings is 1. The van der Waals surface area contributed by atoms with Gasteiger partial charge in [0.1, 0.15) is 5.84 Å². The van der Waals surface area contributed by atoms with Gasteiger partial charge < -0.3 is 25.8 Å². The van der Waals surface area contributed by atoms with E-state index in [0.29, 0.717) is 43.5 Å². The molecule has 4 heterocycles. The monoisotopic (exact) mass is 542 g/mol. The molecule has 39 heavy (non-hydrogen) atoms. The van der Waals surface area contributed by atoms with Gasteiger partial charge in [-0.2, -0.15) is 5.10 Å². The molecule has 0 radical (unpaired) electrons. The topological polar surface area (TPSA) is 101 Å². The van der Waals surface area contributed by atoms with Crippen LogP contribution in [0.3, 0.4) is 0 Å². The lowest BCUT2D eigenvalue weighted by Gasteiger charge is -2.44. The van der Waals surface area contributed by atoms with Crippen molar-refractivity contribution < 1.29 is 13.6 Å². The summed E-state index contributed by atoms with van der Waals surface area (Å²) in [5.74, 6) is -1.15. The molecule has 3 aliphatic heterocycles. The van der Waals surface area contributed by atoms with E-state index in [0.717, 1.165) is 66.9 Å². The van der Waals surface area contributed by atoms with Gasteiger partial charge in [-0.15, -0.1) is 0 Å². The molecule has 1 saturated heterocycles. The second kappa shape index (κ2) is 11.5. The number of carbonyl (C=O) groups is 1. The molecule has 1 aromatic heterocycles. The number of rotatable bonds is 5. The SMILES string of the molecule is CNC(=O)N1CCC(NC2CCNCC2)=C(C(=N)N2CCCC3=C2C(C)C(C(F)F)C(c2cnn(C)c2)=C3)C1. The molecule has 0 saturated carbocycles. The summed E-state index contributed by atoms with van der Waals surface area (Å²) >= 11 is 0. The summed E-state index contributed by atoms with van der Waals surface area (Å²) < 4.78 is 30.9. The summed E-state index contributed by atoms with van der Waals surface area (Å²) in [5, 5.41) is 23.4. The van der Waals surface area contributed by atoms with Gasteiger partial charge in [-0.1, -0.05) is 13.0 Å². The molecular weight excluding hydrogens is 502 g/mol. The summed E-state index contributed by atoms with van der Waals surface area (Å²) in [6, 6.07) is 0.140. The van der Waals surface area contributed by atoms with Crippen LogP contribution in [-0.2, 0) is 7.05 Å². The van der Waals surface area contributed by atoms with Gasteiger partial charge in [-0.25, -0.2) is 13.6 Å². The predicted octanol–water partition coefficient (Wildman–Crippen LogP) is 3.30. The third-order valence-corrected chi connectivity index (χ3v) is 8.54. The Balaban J connectivity index is 1.52. The van der Waals surface area contributed by atoms with E-state index in [1.807, 2.05) is 17.9 Å². The van der Waals surface area contributed by atoms with Gasteiger partial charge in [0, 0.05) is 74.3 Å². The van der Waals surface area contributed by atoms with E-state index in [2.05, 4.69) is 21.0 Å². The zero-order chi connectivity index (χ0) is 27.7. The van der Waals surface area contributed by atoms with Crippen molar-refractivity contribution in [3.8, 4) is 0 Å². The molecule has 9 nitrogen and oxygen atoms in total. The van der Waals surface area contributed by atoms with Crippen molar-refractivity contribution in [1.82, 2.24) is 35.5 Å². The lowest BCUT2D eigenvalue weighted by atomic mass is 9.74. The van der Waals surface area contributed by atoms with Gasteiger partial charge in [0.25, 0.3) is 0 Å². The fourth-order valence-corrected chi connectivity index (χ4v) is 6.54. The van der Waals surface area contributed by atoms with Crippen molar-refractivity contribution in [3.63, 3.8) is 0 Å². The molecule has 212 valence electrons. The number of aryl methyl sites for hydroxylation is 1. The van der Waals surface area contributed by atoms with Gasteiger partial charge in [0.15, 0.2) is 0 Å². The molecule has 2 atom stereocenters. The number of hydrogen-bond donors (Lipinski definition) is 4. The summed E-state index contributed by atoms with van der Waals surface area (Å²) in [7, 11) is 3.40. The Labute approximate surface area is 228 Å². The Morgan fingerprint density at radius 3 is 2.67 bits per heavy atom. The zero-order valence-corrected chi connectivity index (χ0v) is 23.1. The van der Waals surface area contributed by atoms with Gasteiger partial charge in [0.05, 0.1) is 18.7 Å². The number of allylic oxidation sites excluding steroid dienone is 4. The number of amidine groups is 1.